The fraction of sp³-hybridized carbons (Fsp3) is 0.286. The Morgan fingerprint density at radius 1 is 1.17 bits per heavy atom. The van der Waals surface area contributed by atoms with Gasteiger partial charge in [-0.1, -0.05) is 42.0 Å². The van der Waals surface area contributed by atoms with Crippen molar-refractivity contribution in [3.8, 4) is 5.82 Å². The van der Waals surface area contributed by atoms with Crippen LogP contribution in [0.15, 0.2) is 57.1 Å². The third kappa shape index (κ3) is 3.80. The number of rotatable bonds is 6. The van der Waals surface area contributed by atoms with E-state index < -0.39 is 0 Å². The molecule has 148 valence electrons. The molecule has 0 aliphatic rings. The predicted octanol–water partition coefficient (Wildman–Crippen LogP) is 4.28. The molecule has 8 heteroatoms. The second-order valence-corrected chi connectivity index (χ2v) is 8.06. The highest BCUT2D eigenvalue weighted by molar-refractivity contribution is 7.99. The zero-order valence-corrected chi connectivity index (χ0v) is 17.3. The Kier molecular flexibility index (Phi) is 5.44. The van der Waals surface area contributed by atoms with Crippen LogP contribution in [-0.2, 0) is 6.42 Å². The van der Waals surface area contributed by atoms with Gasteiger partial charge in [-0.3, -0.25) is 4.79 Å². The molecule has 1 atom stereocenters. The van der Waals surface area contributed by atoms with Crippen LogP contribution in [-0.4, -0.2) is 24.7 Å². The van der Waals surface area contributed by atoms with Crippen molar-refractivity contribution in [1.82, 2.24) is 24.7 Å². The van der Waals surface area contributed by atoms with Gasteiger partial charge in [-0.05, 0) is 44.0 Å². The summed E-state index contributed by atoms with van der Waals surface area (Å²) >= 11 is 1.40. The monoisotopic (exact) mass is 407 g/mol. The van der Waals surface area contributed by atoms with Crippen LogP contribution in [0.4, 0.5) is 0 Å². The molecule has 7 nitrogen and oxygen atoms in total. The van der Waals surface area contributed by atoms with Crippen LogP contribution in [0.25, 0.3) is 16.7 Å². The molecule has 3 heterocycles. The number of pyridine rings is 1. The largest absolute Gasteiger partial charge is 0.338 e. The summed E-state index contributed by atoms with van der Waals surface area (Å²) in [5.41, 5.74) is 1.39. The molecule has 3 aromatic heterocycles. The zero-order chi connectivity index (χ0) is 20.4. The summed E-state index contributed by atoms with van der Waals surface area (Å²) in [6, 6.07) is 11.1. The van der Waals surface area contributed by atoms with E-state index in [9.17, 15) is 4.79 Å². The Bertz CT molecular complexity index is 1220. The molecule has 1 aromatic carbocycles. The molecule has 0 saturated carbocycles. The van der Waals surface area contributed by atoms with Crippen LogP contribution in [0.3, 0.4) is 0 Å². The number of thioether (sulfide) groups is 1. The summed E-state index contributed by atoms with van der Waals surface area (Å²) in [5, 5.41) is 4.95. The molecule has 0 aliphatic heterocycles. The van der Waals surface area contributed by atoms with Gasteiger partial charge in [0, 0.05) is 12.6 Å². The van der Waals surface area contributed by atoms with Crippen molar-refractivity contribution in [3.05, 3.63) is 70.2 Å². The van der Waals surface area contributed by atoms with Gasteiger partial charge in [-0.2, -0.15) is 4.98 Å². The molecule has 0 saturated heterocycles. The quantitative estimate of drug-likeness (QED) is 0.348. The number of hydrogen-bond acceptors (Lipinski definition) is 7. The Hall–Kier alpha value is -3.00. The van der Waals surface area contributed by atoms with Crippen molar-refractivity contribution < 1.29 is 4.52 Å². The van der Waals surface area contributed by atoms with E-state index in [1.54, 1.807) is 16.8 Å². The van der Waals surface area contributed by atoms with Gasteiger partial charge in [0.2, 0.25) is 5.89 Å². The normalized spacial score (nSPS) is 12.4. The van der Waals surface area contributed by atoms with E-state index in [2.05, 4.69) is 22.0 Å². The number of para-hydroxylation sites is 1. The molecule has 0 aliphatic carbocycles. The van der Waals surface area contributed by atoms with E-state index in [1.165, 1.54) is 11.8 Å². The predicted molar refractivity (Wildman–Crippen MR) is 112 cm³/mol. The maximum absolute atomic E-state index is 13.3. The molecular formula is C21H21N5O2S. The Balaban J connectivity index is 1.83. The van der Waals surface area contributed by atoms with Gasteiger partial charge in [0.25, 0.3) is 5.56 Å². The number of nitrogens with zero attached hydrogens (tertiary/aromatic N) is 5. The van der Waals surface area contributed by atoms with Gasteiger partial charge in [-0.15, -0.1) is 0 Å². The second kappa shape index (κ2) is 8.16. The summed E-state index contributed by atoms with van der Waals surface area (Å²) < 4.78 is 7.00. The first-order valence-corrected chi connectivity index (χ1v) is 10.4. The first kappa shape index (κ1) is 19.3. The van der Waals surface area contributed by atoms with E-state index in [4.69, 9.17) is 9.51 Å². The maximum atomic E-state index is 13.3. The summed E-state index contributed by atoms with van der Waals surface area (Å²) in [7, 11) is 0. The number of benzene rings is 1. The van der Waals surface area contributed by atoms with Crippen molar-refractivity contribution in [3.63, 3.8) is 0 Å². The third-order valence-corrected chi connectivity index (χ3v) is 5.57. The van der Waals surface area contributed by atoms with Gasteiger partial charge in [0.05, 0.1) is 16.2 Å². The lowest BCUT2D eigenvalue weighted by Gasteiger charge is -2.15. The van der Waals surface area contributed by atoms with E-state index in [0.717, 1.165) is 18.4 Å². The minimum absolute atomic E-state index is 0.149. The van der Waals surface area contributed by atoms with Gasteiger partial charge in [0.15, 0.2) is 11.0 Å². The molecule has 29 heavy (non-hydrogen) atoms. The first-order chi connectivity index (χ1) is 14.1. The molecule has 4 aromatic rings. The maximum Gasteiger partial charge on any atom is 0.267 e. The van der Waals surface area contributed by atoms with Crippen LogP contribution in [0, 0.1) is 6.92 Å². The molecule has 0 amide bonds. The van der Waals surface area contributed by atoms with Crippen molar-refractivity contribution >= 4 is 22.7 Å². The SMILES string of the molecule is CCCc1noc([C@@H](C)Sc2nc3ccccc3c(=O)n2-c2ncccc2C)n1. The van der Waals surface area contributed by atoms with E-state index in [-0.39, 0.29) is 10.8 Å². The highest BCUT2D eigenvalue weighted by atomic mass is 32.2. The lowest BCUT2D eigenvalue weighted by atomic mass is 10.2. The molecule has 0 N–H and O–H groups in total. The molecule has 4 rings (SSSR count). The lowest BCUT2D eigenvalue weighted by Crippen LogP contribution is -2.23. The smallest absolute Gasteiger partial charge is 0.267 e. The Morgan fingerprint density at radius 2 is 2.00 bits per heavy atom. The van der Waals surface area contributed by atoms with Gasteiger partial charge in [0.1, 0.15) is 5.82 Å². The molecule has 0 spiro atoms. The molecular weight excluding hydrogens is 386 g/mol. The van der Waals surface area contributed by atoms with E-state index in [1.807, 2.05) is 44.2 Å². The molecule has 0 unspecified atom stereocenters. The number of hydrogen-bond donors (Lipinski definition) is 0. The van der Waals surface area contributed by atoms with Crippen LogP contribution >= 0.6 is 11.8 Å². The highest BCUT2D eigenvalue weighted by Crippen LogP contribution is 2.34. The summed E-state index contributed by atoms with van der Waals surface area (Å²) in [6.45, 7) is 5.96. The zero-order valence-electron chi connectivity index (χ0n) is 16.5. The minimum atomic E-state index is -0.170. The lowest BCUT2D eigenvalue weighted by molar-refractivity contribution is 0.374. The van der Waals surface area contributed by atoms with Crippen LogP contribution in [0.5, 0.6) is 0 Å². The average molecular weight is 407 g/mol. The average Bonchev–Trinajstić information content (AvgIpc) is 3.18. The van der Waals surface area contributed by atoms with Crippen LogP contribution < -0.4 is 5.56 Å². The minimum Gasteiger partial charge on any atom is -0.338 e. The molecule has 0 fully saturated rings. The van der Waals surface area contributed by atoms with Gasteiger partial charge < -0.3 is 4.52 Å². The number of aromatic nitrogens is 5. The second-order valence-electron chi connectivity index (χ2n) is 6.75. The molecule has 0 radical (unpaired) electrons. The van der Waals surface area contributed by atoms with Crippen LogP contribution in [0.1, 0.15) is 42.8 Å². The number of aryl methyl sites for hydroxylation is 2. The Morgan fingerprint density at radius 3 is 2.79 bits per heavy atom. The molecule has 0 bridgehead atoms. The fourth-order valence-electron chi connectivity index (χ4n) is 3.06. The van der Waals surface area contributed by atoms with Crippen molar-refractivity contribution in [2.45, 2.75) is 44.0 Å². The van der Waals surface area contributed by atoms with Crippen molar-refractivity contribution in [2.75, 3.05) is 0 Å². The standard InChI is InChI=1S/C21H21N5O2S/c1-4-8-17-24-19(28-25-17)14(3)29-21-23-16-11-6-5-10-15(16)20(27)26(21)18-13(2)9-7-12-22-18/h5-7,9-12,14H,4,8H2,1-3H3/t14-/m1/s1. The fourth-order valence-corrected chi connectivity index (χ4v) is 3.99. The van der Waals surface area contributed by atoms with E-state index in [0.29, 0.717) is 33.6 Å². The topological polar surface area (TPSA) is 86.7 Å². The summed E-state index contributed by atoms with van der Waals surface area (Å²) in [4.78, 5) is 27.0. The van der Waals surface area contributed by atoms with E-state index >= 15 is 0 Å². The third-order valence-electron chi connectivity index (χ3n) is 4.53. The summed E-state index contributed by atoms with van der Waals surface area (Å²) in [5.74, 6) is 1.78. The Labute approximate surface area is 172 Å². The highest BCUT2D eigenvalue weighted by Gasteiger charge is 2.21. The number of fused-ring (bicyclic) bond motifs is 1. The van der Waals surface area contributed by atoms with Gasteiger partial charge >= 0.3 is 0 Å². The summed E-state index contributed by atoms with van der Waals surface area (Å²) in [6.07, 6.45) is 3.40. The van der Waals surface area contributed by atoms with Crippen LogP contribution in [0.2, 0.25) is 0 Å². The van der Waals surface area contributed by atoms with Gasteiger partial charge in [-0.25, -0.2) is 14.5 Å². The van der Waals surface area contributed by atoms with Crippen molar-refractivity contribution in [1.29, 1.82) is 0 Å². The van der Waals surface area contributed by atoms with Crippen molar-refractivity contribution in [2.24, 2.45) is 0 Å². The first-order valence-electron chi connectivity index (χ1n) is 9.51.